The molecule has 1 heterocycles. The van der Waals surface area contributed by atoms with E-state index in [1.54, 1.807) is 24.3 Å². The van der Waals surface area contributed by atoms with Gasteiger partial charge in [0.25, 0.3) is 5.91 Å². The largest absolute Gasteiger partial charge is 0.452 e. The van der Waals surface area contributed by atoms with E-state index in [1.807, 2.05) is 12.1 Å². The number of carbonyl (C=O) groups is 4. The first-order chi connectivity index (χ1) is 16.0. The number of anilines is 2. The van der Waals surface area contributed by atoms with E-state index in [2.05, 4.69) is 12.2 Å². The van der Waals surface area contributed by atoms with Crippen molar-refractivity contribution < 1.29 is 23.9 Å². The highest BCUT2D eigenvalue weighted by atomic mass is 16.5. The summed E-state index contributed by atoms with van der Waals surface area (Å²) in [6.07, 6.45) is 3.96. The predicted molar refractivity (Wildman–Crippen MR) is 121 cm³/mol. The Hall–Kier alpha value is -3.48. The molecule has 2 aliphatic carbocycles. The van der Waals surface area contributed by atoms with Crippen LogP contribution in [-0.4, -0.2) is 30.3 Å². The number of aryl methyl sites for hydroxylation is 1. The molecule has 2 bridgehead atoms. The molecule has 2 saturated carbocycles. The first-order valence-corrected chi connectivity index (χ1v) is 11.5. The number of fused-ring (bicyclic) bond motifs is 5. The molecule has 0 unspecified atom stereocenters. The summed E-state index contributed by atoms with van der Waals surface area (Å²) in [5.41, 5.74) is 2.52. The van der Waals surface area contributed by atoms with E-state index in [-0.39, 0.29) is 29.2 Å². The van der Waals surface area contributed by atoms with E-state index in [0.29, 0.717) is 23.2 Å². The Bertz CT molecular complexity index is 1080. The molecule has 3 amide bonds. The van der Waals surface area contributed by atoms with E-state index >= 15 is 0 Å². The Morgan fingerprint density at radius 3 is 2.12 bits per heavy atom. The smallest absolute Gasteiger partial charge is 0.338 e. The maximum absolute atomic E-state index is 12.9. The van der Waals surface area contributed by atoms with Gasteiger partial charge < -0.3 is 10.1 Å². The SMILES string of the molecule is CCc1ccc(NC(=O)COC(=O)c2ccc(N3C(=O)[C@H]4[C@H]5CC[C@@H](C5)[C@@H]4C3=O)cc2)cc1. The van der Waals surface area contributed by atoms with Crippen molar-refractivity contribution in [1.82, 2.24) is 0 Å². The molecule has 170 valence electrons. The van der Waals surface area contributed by atoms with Crippen LogP contribution in [0.3, 0.4) is 0 Å². The second kappa shape index (κ2) is 8.46. The third-order valence-corrected chi connectivity index (χ3v) is 7.27. The molecule has 4 atom stereocenters. The van der Waals surface area contributed by atoms with Gasteiger partial charge in [-0.2, -0.15) is 0 Å². The lowest BCUT2D eigenvalue weighted by Gasteiger charge is -2.19. The van der Waals surface area contributed by atoms with Crippen molar-refractivity contribution >= 4 is 35.1 Å². The Kier molecular flexibility index (Phi) is 5.48. The molecule has 2 aromatic carbocycles. The highest BCUT2D eigenvalue weighted by Gasteiger charge is 2.61. The zero-order valence-corrected chi connectivity index (χ0v) is 18.5. The van der Waals surface area contributed by atoms with Crippen LogP contribution >= 0.6 is 0 Å². The van der Waals surface area contributed by atoms with Gasteiger partial charge in [-0.25, -0.2) is 4.79 Å². The van der Waals surface area contributed by atoms with E-state index in [4.69, 9.17) is 4.74 Å². The third-order valence-electron chi connectivity index (χ3n) is 7.27. The molecule has 0 aromatic heterocycles. The van der Waals surface area contributed by atoms with E-state index in [9.17, 15) is 19.2 Å². The van der Waals surface area contributed by atoms with Crippen molar-refractivity contribution in [1.29, 1.82) is 0 Å². The molecule has 7 nitrogen and oxygen atoms in total. The summed E-state index contributed by atoms with van der Waals surface area (Å²) in [6, 6.07) is 13.7. The van der Waals surface area contributed by atoms with Crippen molar-refractivity contribution in [3.05, 3.63) is 59.7 Å². The summed E-state index contributed by atoms with van der Waals surface area (Å²) in [5, 5.41) is 2.69. The van der Waals surface area contributed by atoms with Gasteiger partial charge in [0.05, 0.1) is 23.1 Å². The predicted octanol–water partition coefficient (Wildman–Crippen LogP) is 3.58. The highest BCUT2D eigenvalue weighted by molar-refractivity contribution is 6.22. The molecule has 33 heavy (non-hydrogen) atoms. The van der Waals surface area contributed by atoms with Crippen molar-refractivity contribution in [3.8, 4) is 0 Å². The van der Waals surface area contributed by atoms with Gasteiger partial charge in [0, 0.05) is 5.69 Å². The van der Waals surface area contributed by atoms with Crippen LogP contribution in [0.25, 0.3) is 0 Å². The quantitative estimate of drug-likeness (QED) is 0.541. The lowest BCUT2D eigenvalue weighted by Crippen LogP contribution is -2.32. The van der Waals surface area contributed by atoms with Crippen LogP contribution in [0, 0.1) is 23.7 Å². The number of hydrogen-bond donors (Lipinski definition) is 1. The normalized spacial score (nSPS) is 25.3. The topological polar surface area (TPSA) is 92.8 Å². The van der Waals surface area contributed by atoms with E-state index in [0.717, 1.165) is 31.2 Å². The van der Waals surface area contributed by atoms with Crippen LogP contribution in [0.1, 0.15) is 42.1 Å². The van der Waals surface area contributed by atoms with Crippen LogP contribution < -0.4 is 10.2 Å². The Labute approximate surface area is 192 Å². The zero-order chi connectivity index (χ0) is 23.1. The van der Waals surface area contributed by atoms with Crippen molar-refractivity contribution in [2.75, 3.05) is 16.8 Å². The summed E-state index contributed by atoms with van der Waals surface area (Å²) in [7, 11) is 0. The molecule has 3 aliphatic rings. The standard InChI is InChI=1S/C26H26N2O5/c1-2-15-3-9-19(10-4-15)27-21(29)14-33-26(32)16-7-11-20(12-8-16)28-24(30)22-17-5-6-18(13-17)23(22)25(28)31/h3-4,7-12,17-18,22-23H,2,5-6,13-14H2,1H3,(H,27,29)/t17-,18-,22-,23-/m0/s1. The Morgan fingerprint density at radius 2 is 1.55 bits per heavy atom. The highest BCUT2D eigenvalue weighted by Crippen LogP contribution is 2.56. The fourth-order valence-electron chi connectivity index (χ4n) is 5.65. The molecule has 1 N–H and O–H groups in total. The maximum atomic E-state index is 12.9. The summed E-state index contributed by atoms with van der Waals surface area (Å²) in [5.74, 6) is -1.02. The molecule has 5 rings (SSSR count). The third kappa shape index (κ3) is 3.81. The lowest BCUT2D eigenvalue weighted by molar-refractivity contribution is -0.123. The van der Waals surface area contributed by atoms with Gasteiger partial charge in [0.15, 0.2) is 6.61 Å². The summed E-state index contributed by atoms with van der Waals surface area (Å²) >= 11 is 0. The summed E-state index contributed by atoms with van der Waals surface area (Å²) in [4.78, 5) is 51.6. The molecular formula is C26H26N2O5. The minimum atomic E-state index is -0.646. The number of hydrogen-bond acceptors (Lipinski definition) is 5. The molecular weight excluding hydrogens is 420 g/mol. The van der Waals surface area contributed by atoms with Gasteiger partial charge in [0.1, 0.15) is 0 Å². The van der Waals surface area contributed by atoms with Crippen LogP contribution in [-0.2, 0) is 25.5 Å². The number of imide groups is 1. The van der Waals surface area contributed by atoms with E-state index in [1.165, 1.54) is 17.0 Å². The van der Waals surface area contributed by atoms with Gasteiger partial charge in [-0.1, -0.05) is 19.1 Å². The number of benzene rings is 2. The Balaban J connectivity index is 1.18. The van der Waals surface area contributed by atoms with E-state index < -0.39 is 18.5 Å². The number of rotatable bonds is 6. The van der Waals surface area contributed by atoms with Gasteiger partial charge in [-0.3, -0.25) is 19.3 Å². The number of ether oxygens (including phenoxy) is 1. The number of amides is 3. The molecule has 2 aromatic rings. The van der Waals surface area contributed by atoms with Crippen molar-refractivity contribution in [2.45, 2.75) is 32.6 Å². The molecule has 0 spiro atoms. The lowest BCUT2D eigenvalue weighted by atomic mass is 9.81. The fourth-order valence-corrected chi connectivity index (χ4v) is 5.65. The average molecular weight is 447 g/mol. The molecule has 0 radical (unpaired) electrons. The van der Waals surface area contributed by atoms with Gasteiger partial charge in [-0.15, -0.1) is 0 Å². The van der Waals surface area contributed by atoms with Crippen LogP contribution in [0.5, 0.6) is 0 Å². The van der Waals surface area contributed by atoms with Gasteiger partial charge >= 0.3 is 5.97 Å². The Morgan fingerprint density at radius 1 is 0.939 bits per heavy atom. The molecule has 7 heteroatoms. The second-order valence-electron chi connectivity index (χ2n) is 9.12. The van der Waals surface area contributed by atoms with Crippen LogP contribution in [0.4, 0.5) is 11.4 Å². The summed E-state index contributed by atoms with van der Waals surface area (Å²) < 4.78 is 5.11. The summed E-state index contributed by atoms with van der Waals surface area (Å²) in [6.45, 7) is 1.64. The molecule has 1 aliphatic heterocycles. The second-order valence-corrected chi connectivity index (χ2v) is 9.12. The van der Waals surface area contributed by atoms with Gasteiger partial charge in [0.2, 0.25) is 11.8 Å². The number of carbonyl (C=O) groups excluding carboxylic acids is 4. The van der Waals surface area contributed by atoms with Crippen molar-refractivity contribution in [2.24, 2.45) is 23.7 Å². The first-order valence-electron chi connectivity index (χ1n) is 11.5. The van der Waals surface area contributed by atoms with Crippen LogP contribution in [0.15, 0.2) is 48.5 Å². The fraction of sp³-hybridized carbons (Fsp3) is 0.385. The van der Waals surface area contributed by atoms with Gasteiger partial charge in [-0.05, 0) is 79.5 Å². The minimum Gasteiger partial charge on any atom is -0.452 e. The minimum absolute atomic E-state index is 0.115. The number of esters is 1. The first kappa shape index (κ1) is 21.4. The number of nitrogens with zero attached hydrogens (tertiary/aromatic N) is 1. The maximum Gasteiger partial charge on any atom is 0.338 e. The molecule has 1 saturated heterocycles. The average Bonchev–Trinajstić information content (AvgIpc) is 3.52. The zero-order valence-electron chi connectivity index (χ0n) is 18.5. The molecule has 3 fully saturated rings. The monoisotopic (exact) mass is 446 g/mol. The van der Waals surface area contributed by atoms with Crippen LogP contribution in [0.2, 0.25) is 0 Å². The number of nitrogens with one attached hydrogen (secondary N) is 1. The van der Waals surface area contributed by atoms with Crippen molar-refractivity contribution in [3.63, 3.8) is 0 Å².